The van der Waals surface area contributed by atoms with E-state index in [9.17, 15) is 12.8 Å². The van der Waals surface area contributed by atoms with Gasteiger partial charge in [0.05, 0.1) is 18.2 Å². The number of aliphatic hydroxyl groups excluding tert-OH is 1. The Hall–Kier alpha value is -0.730. The van der Waals surface area contributed by atoms with Crippen LogP contribution < -0.4 is 4.72 Å². The van der Waals surface area contributed by atoms with Crippen LogP contribution in [0.2, 0.25) is 5.02 Å². The van der Waals surface area contributed by atoms with Crippen molar-refractivity contribution in [2.24, 2.45) is 0 Å². The van der Waals surface area contributed by atoms with Gasteiger partial charge in [-0.3, -0.25) is 0 Å². The van der Waals surface area contributed by atoms with Crippen LogP contribution in [-0.4, -0.2) is 39.9 Å². The van der Waals surface area contributed by atoms with Crippen molar-refractivity contribution >= 4 is 21.6 Å². The molecule has 0 aliphatic rings. The number of nitrogens with one attached hydrogen (secondary N) is 1. The first kappa shape index (κ1) is 16.3. The minimum absolute atomic E-state index is 0.0839. The molecule has 0 fully saturated rings. The zero-order valence-corrected chi connectivity index (χ0v) is 11.7. The number of ether oxygens (including phenoxy) is 1. The van der Waals surface area contributed by atoms with Gasteiger partial charge < -0.3 is 9.84 Å². The normalized spacial score (nSPS) is 11.7. The smallest absolute Gasteiger partial charge is 0.243 e. The number of benzene rings is 1. The van der Waals surface area contributed by atoms with Gasteiger partial charge in [0, 0.05) is 13.2 Å². The summed E-state index contributed by atoms with van der Waals surface area (Å²) < 4.78 is 44.4. The zero-order valence-electron chi connectivity index (χ0n) is 10.1. The molecule has 2 N–H and O–H groups in total. The molecule has 0 saturated carbocycles. The van der Waals surface area contributed by atoms with Crippen molar-refractivity contribution in [1.29, 1.82) is 0 Å². The van der Waals surface area contributed by atoms with E-state index in [2.05, 4.69) is 4.72 Å². The maximum Gasteiger partial charge on any atom is 0.243 e. The summed E-state index contributed by atoms with van der Waals surface area (Å²) in [5.74, 6) is -0.965. The highest BCUT2D eigenvalue weighted by molar-refractivity contribution is 7.89. The monoisotopic (exact) mass is 311 g/mol. The predicted molar refractivity (Wildman–Crippen MR) is 69.1 cm³/mol. The lowest BCUT2D eigenvalue weighted by Gasteiger charge is -2.08. The third kappa shape index (κ3) is 5.04. The van der Waals surface area contributed by atoms with Gasteiger partial charge >= 0.3 is 0 Å². The van der Waals surface area contributed by atoms with Crippen LogP contribution in [0.3, 0.4) is 0 Å². The quantitative estimate of drug-likeness (QED) is 0.706. The highest BCUT2D eigenvalue weighted by Crippen LogP contribution is 2.21. The summed E-state index contributed by atoms with van der Waals surface area (Å²) in [4.78, 5) is -0.476. The molecular formula is C11H15ClFNO4S. The zero-order chi connectivity index (χ0) is 14.3. The summed E-state index contributed by atoms with van der Waals surface area (Å²) in [5.41, 5.74) is 0. The lowest BCUT2D eigenvalue weighted by Crippen LogP contribution is -2.26. The van der Waals surface area contributed by atoms with Crippen LogP contribution in [0.5, 0.6) is 0 Å². The average molecular weight is 312 g/mol. The van der Waals surface area contributed by atoms with Crippen molar-refractivity contribution in [1.82, 2.24) is 4.72 Å². The highest BCUT2D eigenvalue weighted by atomic mass is 35.5. The van der Waals surface area contributed by atoms with Gasteiger partial charge in [-0.25, -0.2) is 17.5 Å². The Morgan fingerprint density at radius 1 is 1.37 bits per heavy atom. The third-order valence-electron chi connectivity index (χ3n) is 2.20. The molecule has 1 rings (SSSR count). The highest BCUT2D eigenvalue weighted by Gasteiger charge is 2.19. The van der Waals surface area contributed by atoms with Crippen LogP contribution in [0.25, 0.3) is 0 Å². The Bertz CT molecular complexity index is 509. The molecule has 108 valence electrons. The molecule has 8 heteroatoms. The van der Waals surface area contributed by atoms with Crippen LogP contribution in [0, 0.1) is 5.82 Å². The van der Waals surface area contributed by atoms with E-state index in [0.29, 0.717) is 13.0 Å². The molecule has 0 aliphatic carbocycles. The molecule has 0 saturated heterocycles. The molecule has 0 aromatic heterocycles. The summed E-state index contributed by atoms with van der Waals surface area (Å²) in [6.45, 7) is 0.538. The Kier molecular flexibility index (Phi) is 6.67. The standard InChI is InChI=1S/C11H15ClFNO4S/c12-9-3-1-4-10(11(9)13)19(16,17)14-5-2-7-18-8-6-15/h1,3-4,14-15H,2,5-8H2. The van der Waals surface area contributed by atoms with Crippen molar-refractivity contribution in [3.05, 3.63) is 29.0 Å². The van der Waals surface area contributed by atoms with E-state index in [0.717, 1.165) is 6.07 Å². The fourth-order valence-corrected chi connectivity index (χ4v) is 2.72. The van der Waals surface area contributed by atoms with E-state index in [1.165, 1.54) is 12.1 Å². The minimum atomic E-state index is -3.92. The Morgan fingerprint density at radius 3 is 2.79 bits per heavy atom. The van der Waals surface area contributed by atoms with Crippen LogP contribution in [0.1, 0.15) is 6.42 Å². The molecule has 1 aromatic rings. The molecule has 0 heterocycles. The molecule has 0 amide bonds. The number of sulfonamides is 1. The maximum absolute atomic E-state index is 13.6. The number of halogens is 2. The molecule has 0 unspecified atom stereocenters. The van der Waals surface area contributed by atoms with Crippen LogP contribution in [0.4, 0.5) is 4.39 Å². The van der Waals surface area contributed by atoms with Crippen molar-refractivity contribution < 1.29 is 22.7 Å². The molecule has 1 aromatic carbocycles. The second kappa shape index (κ2) is 7.76. The molecule has 0 spiro atoms. The van der Waals surface area contributed by atoms with E-state index in [-0.39, 0.29) is 24.8 Å². The third-order valence-corrected chi connectivity index (χ3v) is 3.97. The van der Waals surface area contributed by atoms with E-state index in [1.54, 1.807) is 0 Å². The first-order valence-electron chi connectivity index (χ1n) is 5.61. The maximum atomic E-state index is 13.6. The van der Waals surface area contributed by atoms with E-state index < -0.39 is 20.7 Å². The average Bonchev–Trinajstić information content (AvgIpc) is 2.36. The molecule has 0 atom stereocenters. The molecule has 19 heavy (non-hydrogen) atoms. The van der Waals surface area contributed by atoms with Crippen LogP contribution in [-0.2, 0) is 14.8 Å². The minimum Gasteiger partial charge on any atom is -0.394 e. The lowest BCUT2D eigenvalue weighted by molar-refractivity contribution is 0.0913. The van der Waals surface area contributed by atoms with Crippen LogP contribution in [0.15, 0.2) is 23.1 Å². The van der Waals surface area contributed by atoms with Gasteiger partial charge in [-0.2, -0.15) is 0 Å². The van der Waals surface area contributed by atoms with Gasteiger partial charge in [0.25, 0.3) is 0 Å². The summed E-state index contributed by atoms with van der Waals surface area (Å²) >= 11 is 5.53. The van der Waals surface area contributed by atoms with Gasteiger partial charge in [0.15, 0.2) is 5.82 Å². The lowest BCUT2D eigenvalue weighted by atomic mass is 10.3. The van der Waals surface area contributed by atoms with Gasteiger partial charge in [0.2, 0.25) is 10.0 Å². The fourth-order valence-electron chi connectivity index (χ4n) is 1.32. The Morgan fingerprint density at radius 2 is 2.11 bits per heavy atom. The number of hydrogen-bond acceptors (Lipinski definition) is 4. The summed E-state index contributed by atoms with van der Waals surface area (Å²) in [5, 5.41) is 8.23. The van der Waals surface area contributed by atoms with E-state index in [1.807, 2.05) is 0 Å². The van der Waals surface area contributed by atoms with Crippen molar-refractivity contribution in [3.8, 4) is 0 Å². The molecular weight excluding hydrogens is 297 g/mol. The molecule has 5 nitrogen and oxygen atoms in total. The van der Waals surface area contributed by atoms with Gasteiger partial charge in [0.1, 0.15) is 4.90 Å². The van der Waals surface area contributed by atoms with Gasteiger partial charge in [-0.1, -0.05) is 17.7 Å². The SMILES string of the molecule is O=S(=O)(NCCCOCCO)c1cccc(Cl)c1F. The molecule has 0 aliphatic heterocycles. The van der Waals surface area contributed by atoms with Crippen molar-refractivity contribution in [2.75, 3.05) is 26.4 Å². The largest absolute Gasteiger partial charge is 0.394 e. The van der Waals surface area contributed by atoms with E-state index in [4.69, 9.17) is 21.4 Å². The predicted octanol–water partition coefficient (Wildman–Crippen LogP) is 1.16. The Labute approximate surface area is 116 Å². The molecule has 0 bridgehead atoms. The number of hydrogen-bond donors (Lipinski definition) is 2. The van der Waals surface area contributed by atoms with Crippen molar-refractivity contribution in [2.45, 2.75) is 11.3 Å². The second-order valence-corrected chi connectivity index (χ2v) is 5.78. The summed E-state index contributed by atoms with van der Waals surface area (Å²) in [6.07, 6.45) is 0.418. The fraction of sp³-hybridized carbons (Fsp3) is 0.455. The van der Waals surface area contributed by atoms with Gasteiger partial charge in [-0.15, -0.1) is 0 Å². The summed E-state index contributed by atoms with van der Waals surface area (Å²) in [7, 11) is -3.92. The second-order valence-electron chi connectivity index (χ2n) is 3.64. The molecule has 0 radical (unpaired) electrons. The van der Waals surface area contributed by atoms with Gasteiger partial charge in [-0.05, 0) is 18.6 Å². The van der Waals surface area contributed by atoms with E-state index >= 15 is 0 Å². The summed E-state index contributed by atoms with van der Waals surface area (Å²) in [6, 6.07) is 3.79. The van der Waals surface area contributed by atoms with Crippen LogP contribution >= 0.6 is 11.6 Å². The number of aliphatic hydroxyl groups is 1. The Balaban J connectivity index is 2.54. The first-order chi connectivity index (χ1) is 8.99. The number of rotatable bonds is 8. The van der Waals surface area contributed by atoms with Crippen molar-refractivity contribution in [3.63, 3.8) is 0 Å². The topological polar surface area (TPSA) is 75.6 Å². The first-order valence-corrected chi connectivity index (χ1v) is 7.47.